The van der Waals surface area contributed by atoms with Gasteiger partial charge in [-0.2, -0.15) is 0 Å². The fourth-order valence-corrected chi connectivity index (χ4v) is 13.5. The van der Waals surface area contributed by atoms with E-state index in [1.807, 2.05) is 0 Å². The fraction of sp³-hybridized carbons (Fsp3) is 0.0390. The van der Waals surface area contributed by atoms with E-state index in [2.05, 4.69) is 313 Å². The summed E-state index contributed by atoms with van der Waals surface area (Å²) < 4.78 is 4.80. The largest absolute Gasteiger partial charge is 0.310 e. The van der Waals surface area contributed by atoms with Crippen LogP contribution in [0.1, 0.15) is 25.0 Å². The summed E-state index contributed by atoms with van der Waals surface area (Å²) in [6, 6.07) is 106. The van der Waals surface area contributed by atoms with Gasteiger partial charge in [0.25, 0.3) is 0 Å². The summed E-state index contributed by atoms with van der Waals surface area (Å²) in [7, 11) is 0. The first-order valence-electron chi connectivity index (χ1n) is 27.8. The predicted molar refractivity (Wildman–Crippen MR) is 339 cm³/mol. The van der Waals surface area contributed by atoms with Crippen molar-refractivity contribution in [3.63, 3.8) is 0 Å². The molecule has 0 N–H and O–H groups in total. The lowest BCUT2D eigenvalue weighted by Crippen LogP contribution is -2.17. The SMILES string of the molecule is CC1(C)c2cc(-c3ccc4c(c3)c3ccccc3n4-c3ccccc3)ccc2-c2ccc(N(c3ccc(-c4cccc5ccccc45)cc3)c3ccc(-c4ccc5c6ccccc6n(-c6ccccc6)c5c4)c4ccccc34)cc21. The van der Waals surface area contributed by atoms with Gasteiger partial charge in [-0.1, -0.05) is 208 Å². The van der Waals surface area contributed by atoms with Gasteiger partial charge in [0.1, 0.15) is 0 Å². The molecule has 1 aliphatic carbocycles. The van der Waals surface area contributed by atoms with Crippen LogP contribution in [0, 0.1) is 0 Å². The predicted octanol–water partition coefficient (Wildman–Crippen LogP) is 21.0. The standard InChI is InChI=1S/C77H53N3/c1-77(2)70-47-53(52-36-44-75-69(46-52)67-28-14-16-31-73(67)79(75)55-20-5-3-6-21-55)34-40-63(70)64-42-39-58(49-71(64)77)78(57-37-32-51(33-38-57)60-29-17-19-50-18-9-10-24-59(50)60)74-45-43-61(62-25-11-12-26-65(62)74)54-35-41-68-66-27-13-15-30-72(66)80(76(68)48-54)56-22-7-4-8-23-56/h3-49H,1-2H3. The molecule has 0 radical (unpaired) electrons. The van der Waals surface area contributed by atoms with Crippen LogP contribution in [0.25, 0.3) is 121 Å². The number of nitrogens with zero attached hydrogens (tertiary/aromatic N) is 3. The molecular weight excluding hydrogens is 967 g/mol. The van der Waals surface area contributed by atoms with Crippen molar-refractivity contribution in [1.82, 2.24) is 9.13 Å². The number of benzene rings is 13. The molecule has 0 spiro atoms. The molecule has 15 aromatic rings. The van der Waals surface area contributed by atoms with E-state index in [0.717, 1.165) is 22.7 Å². The second-order valence-electron chi connectivity index (χ2n) is 22.0. The van der Waals surface area contributed by atoms with E-state index in [-0.39, 0.29) is 5.41 Å². The van der Waals surface area contributed by atoms with E-state index < -0.39 is 0 Å². The Labute approximate surface area is 465 Å². The fourth-order valence-electron chi connectivity index (χ4n) is 13.5. The van der Waals surface area contributed by atoms with Crippen molar-refractivity contribution in [2.75, 3.05) is 4.90 Å². The van der Waals surface area contributed by atoms with E-state index in [0.29, 0.717) is 0 Å². The molecule has 80 heavy (non-hydrogen) atoms. The Hall–Kier alpha value is -10.2. The highest BCUT2D eigenvalue weighted by Gasteiger charge is 2.37. The quantitative estimate of drug-likeness (QED) is 0.148. The summed E-state index contributed by atoms with van der Waals surface area (Å²) in [6.07, 6.45) is 0. The minimum Gasteiger partial charge on any atom is -0.310 e. The highest BCUT2D eigenvalue weighted by Crippen LogP contribution is 2.53. The number of hydrogen-bond acceptors (Lipinski definition) is 1. The Morgan fingerprint density at radius 1 is 0.275 bits per heavy atom. The van der Waals surface area contributed by atoms with Crippen LogP contribution in [0.3, 0.4) is 0 Å². The highest BCUT2D eigenvalue weighted by atomic mass is 15.1. The van der Waals surface area contributed by atoms with E-state index in [4.69, 9.17) is 0 Å². The molecule has 0 saturated heterocycles. The Bertz CT molecular complexity index is 4960. The van der Waals surface area contributed by atoms with Crippen LogP contribution in [0.2, 0.25) is 0 Å². The maximum absolute atomic E-state index is 2.49. The first-order chi connectivity index (χ1) is 39.4. The van der Waals surface area contributed by atoms with Crippen molar-refractivity contribution in [2.24, 2.45) is 0 Å². The van der Waals surface area contributed by atoms with Gasteiger partial charge in [-0.15, -0.1) is 0 Å². The Kier molecular flexibility index (Phi) is 10.3. The zero-order valence-electron chi connectivity index (χ0n) is 44.5. The van der Waals surface area contributed by atoms with Crippen molar-refractivity contribution in [3.05, 3.63) is 296 Å². The summed E-state index contributed by atoms with van der Waals surface area (Å²) in [6.45, 7) is 4.81. The molecule has 2 aromatic heterocycles. The molecule has 1 aliphatic rings. The summed E-state index contributed by atoms with van der Waals surface area (Å²) in [5.74, 6) is 0. The third kappa shape index (κ3) is 7.07. The molecule has 0 unspecified atom stereocenters. The van der Waals surface area contributed by atoms with Gasteiger partial charge < -0.3 is 14.0 Å². The van der Waals surface area contributed by atoms with E-state index >= 15 is 0 Å². The molecule has 16 rings (SSSR count). The minimum absolute atomic E-state index is 0.277. The molecule has 0 bridgehead atoms. The third-order valence-electron chi connectivity index (χ3n) is 17.3. The molecule has 13 aromatic carbocycles. The zero-order chi connectivity index (χ0) is 53.1. The normalized spacial score (nSPS) is 12.7. The Morgan fingerprint density at radius 2 is 0.762 bits per heavy atom. The van der Waals surface area contributed by atoms with Crippen LogP contribution in [-0.4, -0.2) is 9.13 Å². The van der Waals surface area contributed by atoms with Gasteiger partial charge in [-0.25, -0.2) is 0 Å². The van der Waals surface area contributed by atoms with E-state index in [1.54, 1.807) is 0 Å². The second kappa shape index (κ2) is 17.9. The molecule has 2 heterocycles. The smallest absolute Gasteiger partial charge is 0.0547 e. The average Bonchev–Trinajstić information content (AvgIpc) is 4.25. The van der Waals surface area contributed by atoms with Crippen molar-refractivity contribution < 1.29 is 0 Å². The van der Waals surface area contributed by atoms with Gasteiger partial charge in [0, 0.05) is 55.1 Å². The third-order valence-corrected chi connectivity index (χ3v) is 17.3. The second-order valence-corrected chi connectivity index (χ2v) is 22.0. The van der Waals surface area contributed by atoms with Gasteiger partial charge in [0.05, 0.1) is 27.8 Å². The van der Waals surface area contributed by atoms with Crippen LogP contribution in [-0.2, 0) is 5.41 Å². The Morgan fingerprint density at radius 3 is 1.50 bits per heavy atom. The number of para-hydroxylation sites is 4. The van der Waals surface area contributed by atoms with Crippen LogP contribution in [0.15, 0.2) is 285 Å². The maximum atomic E-state index is 2.49. The minimum atomic E-state index is -0.277. The van der Waals surface area contributed by atoms with Crippen LogP contribution in [0.4, 0.5) is 17.1 Å². The summed E-state index contributed by atoms with van der Waals surface area (Å²) in [4.78, 5) is 2.49. The molecular formula is C77H53N3. The van der Waals surface area contributed by atoms with Gasteiger partial charge >= 0.3 is 0 Å². The molecule has 0 aliphatic heterocycles. The molecule has 3 nitrogen and oxygen atoms in total. The summed E-state index contributed by atoms with van der Waals surface area (Å²) >= 11 is 0. The van der Waals surface area contributed by atoms with Crippen molar-refractivity contribution in [1.29, 1.82) is 0 Å². The zero-order valence-corrected chi connectivity index (χ0v) is 44.5. The van der Waals surface area contributed by atoms with Crippen LogP contribution in [0.5, 0.6) is 0 Å². The van der Waals surface area contributed by atoms with Gasteiger partial charge in [-0.05, 0) is 163 Å². The van der Waals surface area contributed by atoms with Gasteiger partial charge in [0.15, 0.2) is 0 Å². The van der Waals surface area contributed by atoms with Gasteiger partial charge in [-0.3, -0.25) is 0 Å². The van der Waals surface area contributed by atoms with Crippen molar-refractivity contribution in [3.8, 4) is 55.9 Å². The summed E-state index contributed by atoms with van der Waals surface area (Å²) in [5, 5.41) is 9.89. The lowest BCUT2D eigenvalue weighted by molar-refractivity contribution is 0.660. The molecule has 0 amide bonds. The Balaban J connectivity index is 0.829. The highest BCUT2D eigenvalue weighted by molar-refractivity contribution is 6.13. The number of fused-ring (bicyclic) bond motifs is 11. The van der Waals surface area contributed by atoms with Crippen molar-refractivity contribution in [2.45, 2.75) is 19.3 Å². The number of hydrogen-bond donors (Lipinski definition) is 0. The topological polar surface area (TPSA) is 13.1 Å². The van der Waals surface area contributed by atoms with Gasteiger partial charge in [0.2, 0.25) is 0 Å². The maximum Gasteiger partial charge on any atom is 0.0547 e. The van der Waals surface area contributed by atoms with E-state index in [1.165, 1.54) is 126 Å². The molecule has 0 fully saturated rings. The monoisotopic (exact) mass is 1020 g/mol. The van der Waals surface area contributed by atoms with Crippen LogP contribution < -0.4 is 4.90 Å². The number of rotatable bonds is 8. The first-order valence-corrected chi connectivity index (χ1v) is 27.8. The average molecular weight is 1020 g/mol. The summed E-state index contributed by atoms with van der Waals surface area (Å²) in [5.41, 5.74) is 22.7. The lowest BCUT2D eigenvalue weighted by atomic mass is 9.81. The molecule has 0 atom stereocenters. The van der Waals surface area contributed by atoms with Crippen molar-refractivity contribution >= 4 is 82.2 Å². The lowest BCUT2D eigenvalue weighted by Gasteiger charge is -2.29. The number of anilines is 3. The molecule has 3 heteroatoms. The van der Waals surface area contributed by atoms with E-state index in [9.17, 15) is 0 Å². The molecule has 0 saturated carbocycles. The molecule has 376 valence electrons. The first kappa shape index (κ1) is 45.9. The van der Waals surface area contributed by atoms with Crippen LogP contribution >= 0.6 is 0 Å². The number of aromatic nitrogens is 2.